The molecular formula is C12H15ClO3. The lowest BCUT2D eigenvalue weighted by Crippen LogP contribution is -2.04. The summed E-state index contributed by atoms with van der Waals surface area (Å²) in [7, 11) is 1.53. The number of halogens is 1. The van der Waals surface area contributed by atoms with Crippen molar-refractivity contribution in [2.75, 3.05) is 19.6 Å². The lowest BCUT2D eigenvalue weighted by Gasteiger charge is -2.09. The molecule has 16 heavy (non-hydrogen) atoms. The molecule has 0 saturated carbocycles. The number of carbonyl (C=O) groups is 1. The van der Waals surface area contributed by atoms with E-state index < -0.39 is 0 Å². The van der Waals surface area contributed by atoms with E-state index in [9.17, 15) is 4.79 Å². The van der Waals surface area contributed by atoms with Crippen LogP contribution in [-0.2, 0) is 0 Å². The summed E-state index contributed by atoms with van der Waals surface area (Å²) < 4.78 is 10.5. The molecule has 0 bridgehead atoms. The first-order valence-electron chi connectivity index (χ1n) is 5.13. The zero-order valence-corrected chi connectivity index (χ0v) is 10.2. The minimum absolute atomic E-state index is 0.0339. The molecule has 1 aromatic carbocycles. The maximum absolute atomic E-state index is 11.8. The standard InChI is InChI=1S/C12H15ClO3/c1-3-16-9-4-5-12(15-2)10(8-9)11(14)6-7-13/h4-5,8H,3,6-7H2,1-2H3. The highest BCUT2D eigenvalue weighted by molar-refractivity contribution is 6.19. The van der Waals surface area contributed by atoms with Crippen molar-refractivity contribution in [3.8, 4) is 11.5 Å². The summed E-state index contributed by atoms with van der Waals surface area (Å²) in [5, 5.41) is 0. The Morgan fingerprint density at radius 3 is 2.75 bits per heavy atom. The van der Waals surface area contributed by atoms with Crippen LogP contribution in [0.5, 0.6) is 11.5 Å². The van der Waals surface area contributed by atoms with Crippen molar-refractivity contribution in [2.24, 2.45) is 0 Å². The van der Waals surface area contributed by atoms with Crippen LogP contribution in [0.1, 0.15) is 23.7 Å². The summed E-state index contributed by atoms with van der Waals surface area (Å²) in [6.45, 7) is 2.46. The van der Waals surface area contributed by atoms with Gasteiger partial charge >= 0.3 is 0 Å². The Morgan fingerprint density at radius 2 is 2.19 bits per heavy atom. The van der Waals surface area contributed by atoms with Crippen LogP contribution in [0.15, 0.2) is 18.2 Å². The third-order valence-corrected chi connectivity index (χ3v) is 2.29. The van der Waals surface area contributed by atoms with Crippen LogP contribution in [0.2, 0.25) is 0 Å². The average molecular weight is 243 g/mol. The number of carbonyl (C=O) groups excluding carboxylic acids is 1. The first-order valence-corrected chi connectivity index (χ1v) is 5.66. The number of alkyl halides is 1. The van der Waals surface area contributed by atoms with Crippen molar-refractivity contribution in [2.45, 2.75) is 13.3 Å². The fourth-order valence-corrected chi connectivity index (χ4v) is 1.55. The first-order chi connectivity index (χ1) is 7.72. The normalized spacial score (nSPS) is 9.94. The van der Waals surface area contributed by atoms with Crippen LogP contribution < -0.4 is 9.47 Å². The average Bonchev–Trinajstić information content (AvgIpc) is 2.30. The second-order valence-corrected chi connectivity index (χ2v) is 3.54. The molecule has 0 amide bonds. The summed E-state index contributed by atoms with van der Waals surface area (Å²) in [5.74, 6) is 1.49. The van der Waals surface area contributed by atoms with E-state index in [1.165, 1.54) is 7.11 Å². The third-order valence-electron chi connectivity index (χ3n) is 2.10. The molecule has 0 aliphatic carbocycles. The molecule has 0 aromatic heterocycles. The van der Waals surface area contributed by atoms with Gasteiger partial charge in [0.15, 0.2) is 5.78 Å². The van der Waals surface area contributed by atoms with Crippen LogP contribution in [0.3, 0.4) is 0 Å². The van der Waals surface area contributed by atoms with Gasteiger partial charge in [0.2, 0.25) is 0 Å². The van der Waals surface area contributed by atoms with Gasteiger partial charge in [0.05, 0.1) is 19.3 Å². The second kappa shape index (κ2) is 6.38. The molecule has 1 rings (SSSR count). The van der Waals surface area contributed by atoms with Crippen LogP contribution in [0, 0.1) is 0 Å². The highest BCUT2D eigenvalue weighted by Gasteiger charge is 2.12. The number of Topliss-reactive ketones (excluding diaryl/α,β-unsaturated/α-hetero) is 1. The van der Waals surface area contributed by atoms with E-state index in [2.05, 4.69) is 0 Å². The van der Waals surface area contributed by atoms with Gasteiger partial charge in [-0.2, -0.15) is 0 Å². The Hall–Kier alpha value is -1.22. The summed E-state index contributed by atoms with van der Waals surface area (Å²) in [6.07, 6.45) is 0.299. The number of rotatable bonds is 6. The van der Waals surface area contributed by atoms with Gasteiger partial charge < -0.3 is 9.47 Å². The lowest BCUT2D eigenvalue weighted by molar-refractivity contribution is 0.0986. The summed E-state index contributed by atoms with van der Waals surface area (Å²) in [6, 6.07) is 5.20. The van der Waals surface area contributed by atoms with Gasteiger partial charge in [-0.05, 0) is 25.1 Å². The molecule has 0 N–H and O–H groups in total. The van der Waals surface area contributed by atoms with E-state index in [1.807, 2.05) is 6.92 Å². The Balaban J connectivity index is 3.01. The molecule has 0 aliphatic heterocycles. The minimum atomic E-state index is -0.0339. The van der Waals surface area contributed by atoms with E-state index in [1.54, 1.807) is 18.2 Å². The SMILES string of the molecule is CCOc1ccc(OC)c(C(=O)CCCl)c1. The monoisotopic (exact) mass is 242 g/mol. The quantitative estimate of drug-likeness (QED) is 0.568. The van der Waals surface area contributed by atoms with E-state index in [4.69, 9.17) is 21.1 Å². The van der Waals surface area contributed by atoms with Gasteiger partial charge in [-0.15, -0.1) is 11.6 Å². The molecule has 88 valence electrons. The van der Waals surface area contributed by atoms with E-state index in [0.717, 1.165) is 0 Å². The molecule has 0 saturated heterocycles. The smallest absolute Gasteiger partial charge is 0.167 e. The molecular weight excluding hydrogens is 228 g/mol. The molecule has 0 aliphatic rings. The number of ketones is 1. The van der Waals surface area contributed by atoms with E-state index in [0.29, 0.717) is 36.0 Å². The predicted molar refractivity (Wildman–Crippen MR) is 63.8 cm³/mol. The molecule has 0 spiro atoms. The van der Waals surface area contributed by atoms with Crippen LogP contribution >= 0.6 is 11.6 Å². The molecule has 0 radical (unpaired) electrons. The van der Waals surface area contributed by atoms with Gasteiger partial charge in [0, 0.05) is 12.3 Å². The molecule has 1 aromatic rings. The Labute approximate surface area is 100 Å². The molecule has 3 nitrogen and oxygen atoms in total. The van der Waals surface area contributed by atoms with Crippen molar-refractivity contribution in [1.82, 2.24) is 0 Å². The maximum atomic E-state index is 11.8. The first kappa shape index (κ1) is 12.8. The second-order valence-electron chi connectivity index (χ2n) is 3.16. The number of hydrogen-bond acceptors (Lipinski definition) is 3. The predicted octanol–water partition coefficient (Wildman–Crippen LogP) is 2.91. The molecule has 0 fully saturated rings. The number of benzene rings is 1. The molecule has 0 unspecified atom stereocenters. The minimum Gasteiger partial charge on any atom is -0.496 e. The highest BCUT2D eigenvalue weighted by Crippen LogP contribution is 2.25. The van der Waals surface area contributed by atoms with Crippen molar-refractivity contribution in [3.05, 3.63) is 23.8 Å². The van der Waals surface area contributed by atoms with Gasteiger partial charge in [0.25, 0.3) is 0 Å². The summed E-state index contributed by atoms with van der Waals surface area (Å²) in [5.41, 5.74) is 0.522. The van der Waals surface area contributed by atoms with E-state index >= 15 is 0 Å². The van der Waals surface area contributed by atoms with E-state index in [-0.39, 0.29) is 5.78 Å². The molecule has 0 atom stereocenters. The topological polar surface area (TPSA) is 35.5 Å². The third kappa shape index (κ3) is 3.14. The summed E-state index contributed by atoms with van der Waals surface area (Å²) in [4.78, 5) is 11.8. The van der Waals surface area contributed by atoms with Crippen LogP contribution in [0.25, 0.3) is 0 Å². The fourth-order valence-electron chi connectivity index (χ4n) is 1.38. The largest absolute Gasteiger partial charge is 0.496 e. The van der Waals surface area contributed by atoms with Crippen molar-refractivity contribution < 1.29 is 14.3 Å². The number of hydrogen-bond donors (Lipinski definition) is 0. The lowest BCUT2D eigenvalue weighted by atomic mass is 10.1. The van der Waals surface area contributed by atoms with Crippen molar-refractivity contribution in [1.29, 1.82) is 0 Å². The van der Waals surface area contributed by atoms with Gasteiger partial charge in [0.1, 0.15) is 11.5 Å². The Morgan fingerprint density at radius 1 is 1.44 bits per heavy atom. The van der Waals surface area contributed by atoms with Crippen molar-refractivity contribution in [3.63, 3.8) is 0 Å². The zero-order valence-electron chi connectivity index (χ0n) is 9.46. The Bertz CT molecular complexity index is 363. The number of methoxy groups -OCH3 is 1. The highest BCUT2D eigenvalue weighted by atomic mass is 35.5. The zero-order chi connectivity index (χ0) is 12.0. The van der Waals surface area contributed by atoms with Crippen LogP contribution in [0.4, 0.5) is 0 Å². The Kier molecular flexibility index (Phi) is 5.12. The molecule has 0 heterocycles. The molecule has 4 heteroatoms. The van der Waals surface area contributed by atoms with Gasteiger partial charge in [-0.1, -0.05) is 0 Å². The number of ether oxygens (including phenoxy) is 2. The fraction of sp³-hybridized carbons (Fsp3) is 0.417. The van der Waals surface area contributed by atoms with Gasteiger partial charge in [-0.25, -0.2) is 0 Å². The van der Waals surface area contributed by atoms with Crippen molar-refractivity contribution >= 4 is 17.4 Å². The van der Waals surface area contributed by atoms with Crippen LogP contribution in [-0.4, -0.2) is 25.4 Å². The summed E-state index contributed by atoms with van der Waals surface area (Å²) >= 11 is 5.55. The van der Waals surface area contributed by atoms with Gasteiger partial charge in [-0.3, -0.25) is 4.79 Å². The maximum Gasteiger partial charge on any atom is 0.167 e.